The van der Waals surface area contributed by atoms with Gasteiger partial charge in [-0.15, -0.1) is 0 Å². The number of carbonyl (C=O) groups excluding carboxylic acids is 1. The van der Waals surface area contributed by atoms with E-state index < -0.39 is 50.1 Å². The molecule has 1 aliphatic carbocycles. The van der Waals surface area contributed by atoms with Crippen LogP contribution in [0.2, 0.25) is 10.0 Å². The minimum Gasteiger partial charge on any atom is -0.354 e. The molecule has 204 valence electrons. The zero-order chi connectivity index (χ0) is 28.0. The number of halogens is 3. The lowest BCUT2D eigenvalue weighted by Crippen LogP contribution is -2.62. The fourth-order valence-electron chi connectivity index (χ4n) is 4.93. The minimum atomic E-state index is -3.65. The van der Waals surface area contributed by atoms with Crippen molar-refractivity contribution in [3.8, 4) is 6.07 Å². The fraction of sp³-hybridized carbons (Fsp3) is 0.500. The van der Waals surface area contributed by atoms with Crippen LogP contribution in [0.4, 0.5) is 4.39 Å². The molecule has 2 aromatic rings. The molecule has 10 heteroatoms. The van der Waals surface area contributed by atoms with Crippen LogP contribution in [0.15, 0.2) is 42.5 Å². The summed E-state index contributed by atoms with van der Waals surface area (Å²) < 4.78 is 47.1. The molecule has 1 heterocycles. The van der Waals surface area contributed by atoms with Gasteiger partial charge in [0, 0.05) is 11.1 Å². The maximum absolute atomic E-state index is 14.8. The Kier molecular flexibility index (Phi) is 7.90. The molecule has 1 saturated carbocycles. The summed E-state index contributed by atoms with van der Waals surface area (Å²) in [7, 11) is -3.65. The van der Waals surface area contributed by atoms with Crippen LogP contribution >= 0.6 is 23.2 Å². The van der Waals surface area contributed by atoms with E-state index in [2.05, 4.69) is 0 Å². The molecule has 4 rings (SSSR count). The highest BCUT2D eigenvalue weighted by molar-refractivity contribution is 7.92. The largest absolute Gasteiger partial charge is 0.354 e. The highest BCUT2D eigenvalue weighted by Gasteiger charge is 2.56. The number of nitrogens with zero attached hydrogens (tertiary/aromatic N) is 2. The molecule has 1 saturated heterocycles. The molecule has 2 aliphatic rings. The SMILES string of the molecule is CC(C)(C)S(=O)(=O)CC(C1CC1)N1C(=O)[C@@](C)(CC#N)OC(c2cccc(Cl)c2)C1c1ccc(Cl)c(F)c1. The molecule has 0 spiro atoms. The van der Waals surface area contributed by atoms with Gasteiger partial charge >= 0.3 is 0 Å². The van der Waals surface area contributed by atoms with E-state index in [1.165, 1.54) is 12.1 Å². The topological polar surface area (TPSA) is 87.5 Å². The molecule has 38 heavy (non-hydrogen) atoms. The minimum absolute atomic E-state index is 0.0554. The molecule has 0 radical (unpaired) electrons. The third-order valence-corrected chi connectivity index (χ3v) is 10.6. The van der Waals surface area contributed by atoms with Gasteiger partial charge in [-0.25, -0.2) is 12.8 Å². The van der Waals surface area contributed by atoms with Crippen LogP contribution in [0.1, 0.15) is 70.2 Å². The van der Waals surface area contributed by atoms with Gasteiger partial charge in [0.25, 0.3) is 5.91 Å². The number of hydrogen-bond acceptors (Lipinski definition) is 5. The molecule has 2 fully saturated rings. The van der Waals surface area contributed by atoms with Gasteiger partial charge in [0.15, 0.2) is 15.4 Å². The molecule has 6 nitrogen and oxygen atoms in total. The van der Waals surface area contributed by atoms with Gasteiger partial charge in [-0.3, -0.25) is 4.79 Å². The Hall–Kier alpha value is -2.18. The second-order valence-electron chi connectivity index (χ2n) is 11.3. The Morgan fingerprint density at radius 2 is 1.87 bits per heavy atom. The van der Waals surface area contributed by atoms with Crippen LogP contribution in [0.3, 0.4) is 0 Å². The number of ether oxygens (including phenoxy) is 1. The van der Waals surface area contributed by atoms with Crippen LogP contribution in [0.25, 0.3) is 0 Å². The van der Waals surface area contributed by atoms with Crippen LogP contribution in [-0.2, 0) is 19.4 Å². The first-order valence-electron chi connectivity index (χ1n) is 12.5. The summed E-state index contributed by atoms with van der Waals surface area (Å²) in [6.45, 7) is 6.44. The molecule has 2 aromatic carbocycles. The molecule has 1 amide bonds. The highest BCUT2D eigenvalue weighted by atomic mass is 35.5. The Morgan fingerprint density at radius 1 is 1.18 bits per heavy atom. The number of carbonyl (C=O) groups is 1. The lowest BCUT2D eigenvalue weighted by Gasteiger charge is -2.51. The van der Waals surface area contributed by atoms with Gasteiger partial charge in [0.05, 0.1) is 34.1 Å². The van der Waals surface area contributed by atoms with Crippen molar-refractivity contribution < 1.29 is 22.3 Å². The number of hydrogen-bond donors (Lipinski definition) is 0. The van der Waals surface area contributed by atoms with Gasteiger partial charge in [0.2, 0.25) is 0 Å². The van der Waals surface area contributed by atoms with E-state index in [-0.39, 0.29) is 23.1 Å². The number of nitriles is 1. The van der Waals surface area contributed by atoms with Gasteiger partial charge in [-0.2, -0.15) is 5.26 Å². The quantitative estimate of drug-likeness (QED) is 0.376. The van der Waals surface area contributed by atoms with E-state index in [1.54, 1.807) is 62.9 Å². The zero-order valence-electron chi connectivity index (χ0n) is 21.7. The predicted octanol–water partition coefficient (Wildman–Crippen LogP) is 6.44. The van der Waals surface area contributed by atoms with E-state index in [0.717, 1.165) is 12.8 Å². The summed E-state index contributed by atoms with van der Waals surface area (Å²) in [6.07, 6.45) is 0.412. The van der Waals surface area contributed by atoms with Crippen LogP contribution < -0.4 is 0 Å². The summed E-state index contributed by atoms with van der Waals surface area (Å²) in [5.74, 6) is -1.49. The van der Waals surface area contributed by atoms with Crippen molar-refractivity contribution in [2.45, 2.75) is 75.5 Å². The van der Waals surface area contributed by atoms with Crippen molar-refractivity contribution >= 4 is 38.9 Å². The van der Waals surface area contributed by atoms with E-state index in [1.807, 2.05) is 6.07 Å². The standard InChI is InChI=1S/C28H31Cl2FN2O4S/c1-27(2,3)38(35,36)16-23(17-8-9-17)33-24(18-10-11-21(30)22(31)15-18)25(19-6-5-7-20(29)14-19)37-28(4,12-13-32)26(33)34/h5-7,10-11,14-15,17,23-25H,8-9,12,16H2,1-4H3/t23?,24?,25?,28-/m1/s1. The summed E-state index contributed by atoms with van der Waals surface area (Å²) in [5, 5.41) is 9.97. The van der Waals surface area contributed by atoms with Gasteiger partial charge < -0.3 is 9.64 Å². The van der Waals surface area contributed by atoms with E-state index in [4.69, 9.17) is 27.9 Å². The second-order valence-corrected chi connectivity index (χ2v) is 14.9. The molecule has 4 atom stereocenters. The number of rotatable bonds is 7. The van der Waals surface area contributed by atoms with E-state index in [0.29, 0.717) is 16.1 Å². The third kappa shape index (κ3) is 5.58. The number of morpholine rings is 1. The van der Waals surface area contributed by atoms with Gasteiger partial charge in [-0.1, -0.05) is 41.4 Å². The average molecular weight is 582 g/mol. The van der Waals surface area contributed by atoms with Crippen molar-refractivity contribution in [2.75, 3.05) is 5.75 Å². The molecular formula is C28H31Cl2FN2O4S. The summed E-state index contributed by atoms with van der Waals surface area (Å²) in [4.78, 5) is 15.8. The molecule has 0 aromatic heterocycles. The second kappa shape index (κ2) is 10.4. The summed E-state index contributed by atoms with van der Waals surface area (Å²) in [5.41, 5.74) is -0.530. The lowest BCUT2D eigenvalue weighted by atomic mass is 9.86. The first-order valence-corrected chi connectivity index (χ1v) is 14.9. The van der Waals surface area contributed by atoms with Crippen LogP contribution in [0, 0.1) is 23.1 Å². The summed E-state index contributed by atoms with van der Waals surface area (Å²) >= 11 is 12.3. The Balaban J connectivity index is 1.96. The van der Waals surface area contributed by atoms with Gasteiger partial charge in [-0.05, 0) is 81.8 Å². The van der Waals surface area contributed by atoms with Crippen molar-refractivity contribution in [2.24, 2.45) is 5.92 Å². The maximum Gasteiger partial charge on any atom is 0.256 e. The van der Waals surface area contributed by atoms with Crippen LogP contribution in [-0.4, -0.2) is 41.4 Å². The molecule has 3 unspecified atom stereocenters. The highest BCUT2D eigenvalue weighted by Crippen LogP contribution is 2.51. The zero-order valence-corrected chi connectivity index (χ0v) is 24.1. The van der Waals surface area contributed by atoms with Crippen molar-refractivity contribution in [1.29, 1.82) is 5.26 Å². The first kappa shape index (κ1) is 28.8. The van der Waals surface area contributed by atoms with Crippen molar-refractivity contribution in [1.82, 2.24) is 4.90 Å². The molecule has 0 bridgehead atoms. The molecule has 1 aliphatic heterocycles. The number of benzene rings is 2. The number of amides is 1. The van der Waals surface area contributed by atoms with E-state index in [9.17, 15) is 22.9 Å². The Morgan fingerprint density at radius 3 is 2.42 bits per heavy atom. The molecule has 0 N–H and O–H groups in total. The number of sulfone groups is 1. The van der Waals surface area contributed by atoms with Crippen LogP contribution in [0.5, 0.6) is 0 Å². The maximum atomic E-state index is 14.8. The van der Waals surface area contributed by atoms with E-state index >= 15 is 0 Å². The monoisotopic (exact) mass is 580 g/mol. The van der Waals surface area contributed by atoms with Crippen molar-refractivity contribution in [3.63, 3.8) is 0 Å². The smallest absolute Gasteiger partial charge is 0.256 e. The van der Waals surface area contributed by atoms with Crippen molar-refractivity contribution in [3.05, 3.63) is 69.5 Å². The average Bonchev–Trinajstić information content (AvgIpc) is 3.66. The first-order chi connectivity index (χ1) is 17.7. The molecular weight excluding hydrogens is 550 g/mol. The van der Waals surface area contributed by atoms with Gasteiger partial charge in [0.1, 0.15) is 11.9 Å². The third-order valence-electron chi connectivity index (χ3n) is 7.39. The summed E-state index contributed by atoms with van der Waals surface area (Å²) in [6, 6.07) is 11.7. The Bertz CT molecular complexity index is 1380. The predicted molar refractivity (Wildman–Crippen MR) is 145 cm³/mol. The lowest BCUT2D eigenvalue weighted by molar-refractivity contribution is -0.201. The fourth-order valence-corrected chi connectivity index (χ4v) is 6.63. The Labute approximate surface area is 233 Å². The normalized spacial score (nSPS) is 25.2.